The fourth-order valence-corrected chi connectivity index (χ4v) is 2.88. The van der Waals surface area contributed by atoms with Crippen LogP contribution in [0, 0.1) is 12.7 Å². The highest BCUT2D eigenvalue weighted by Crippen LogP contribution is 2.27. The number of benzene rings is 1. The molecule has 2 aromatic rings. The van der Waals surface area contributed by atoms with Gasteiger partial charge in [-0.2, -0.15) is 0 Å². The van der Waals surface area contributed by atoms with Crippen molar-refractivity contribution in [2.24, 2.45) is 0 Å². The van der Waals surface area contributed by atoms with Gasteiger partial charge in [0.1, 0.15) is 12.1 Å². The standard InChI is InChI=1S/C17H18FN3O/c1-12-2-3-14(15(18)10-12)17(22)21-8-5-13(6-9-21)16-4-7-19-11-20-16/h2-4,7,10-11,13H,5-6,8-9H2,1H3. The molecular formula is C17H18FN3O. The molecule has 4 nitrogen and oxygen atoms in total. The van der Waals surface area contributed by atoms with Crippen LogP contribution in [0.15, 0.2) is 36.8 Å². The molecule has 1 amide bonds. The van der Waals surface area contributed by atoms with Crippen LogP contribution in [0.4, 0.5) is 4.39 Å². The molecule has 114 valence electrons. The second-order valence-electron chi connectivity index (χ2n) is 5.68. The van der Waals surface area contributed by atoms with Gasteiger partial charge >= 0.3 is 0 Å². The molecule has 0 unspecified atom stereocenters. The van der Waals surface area contributed by atoms with E-state index < -0.39 is 5.82 Å². The number of rotatable bonds is 2. The second-order valence-corrected chi connectivity index (χ2v) is 5.68. The third-order valence-corrected chi connectivity index (χ3v) is 4.16. The van der Waals surface area contributed by atoms with Gasteiger partial charge in [-0.3, -0.25) is 4.79 Å². The molecule has 0 radical (unpaired) electrons. The number of aromatic nitrogens is 2. The summed E-state index contributed by atoms with van der Waals surface area (Å²) in [5, 5.41) is 0. The number of aryl methyl sites for hydroxylation is 1. The molecule has 0 bridgehead atoms. The van der Waals surface area contributed by atoms with Crippen LogP contribution in [-0.4, -0.2) is 33.9 Å². The molecule has 1 fully saturated rings. The zero-order valence-electron chi connectivity index (χ0n) is 12.5. The van der Waals surface area contributed by atoms with Gasteiger partial charge in [0.05, 0.1) is 5.56 Å². The van der Waals surface area contributed by atoms with Crippen LogP contribution in [-0.2, 0) is 0 Å². The van der Waals surface area contributed by atoms with Crippen LogP contribution >= 0.6 is 0 Å². The van der Waals surface area contributed by atoms with E-state index in [1.54, 1.807) is 29.6 Å². The summed E-state index contributed by atoms with van der Waals surface area (Å²) in [6.07, 6.45) is 4.97. The Hall–Kier alpha value is -2.30. The lowest BCUT2D eigenvalue weighted by Gasteiger charge is -2.31. The first-order chi connectivity index (χ1) is 10.6. The van der Waals surface area contributed by atoms with Gasteiger partial charge < -0.3 is 4.90 Å². The van der Waals surface area contributed by atoms with Crippen LogP contribution in [0.2, 0.25) is 0 Å². The van der Waals surface area contributed by atoms with Gasteiger partial charge in [-0.15, -0.1) is 0 Å². The number of amides is 1. The number of carbonyl (C=O) groups is 1. The van der Waals surface area contributed by atoms with E-state index in [9.17, 15) is 9.18 Å². The zero-order valence-corrected chi connectivity index (χ0v) is 12.5. The van der Waals surface area contributed by atoms with Crippen LogP contribution in [0.3, 0.4) is 0 Å². The quantitative estimate of drug-likeness (QED) is 0.856. The van der Waals surface area contributed by atoms with Gasteiger partial charge in [-0.1, -0.05) is 6.07 Å². The molecule has 1 aromatic carbocycles. The summed E-state index contributed by atoms with van der Waals surface area (Å²) in [5.74, 6) is -0.323. The Morgan fingerprint density at radius 1 is 1.27 bits per heavy atom. The Balaban J connectivity index is 1.67. The Kier molecular flexibility index (Phi) is 4.13. The summed E-state index contributed by atoms with van der Waals surface area (Å²) in [5.41, 5.74) is 1.99. The third-order valence-electron chi connectivity index (χ3n) is 4.16. The van der Waals surface area contributed by atoms with Crippen molar-refractivity contribution in [2.75, 3.05) is 13.1 Å². The average molecular weight is 299 g/mol. The van der Waals surface area contributed by atoms with Gasteiger partial charge in [0.2, 0.25) is 0 Å². The summed E-state index contributed by atoms with van der Waals surface area (Å²) in [6.45, 7) is 3.06. The van der Waals surface area contributed by atoms with Crippen molar-refractivity contribution in [3.63, 3.8) is 0 Å². The van der Waals surface area contributed by atoms with E-state index in [0.717, 1.165) is 24.1 Å². The number of hydrogen-bond acceptors (Lipinski definition) is 3. The Morgan fingerprint density at radius 3 is 2.68 bits per heavy atom. The smallest absolute Gasteiger partial charge is 0.256 e. The highest BCUT2D eigenvalue weighted by molar-refractivity contribution is 5.94. The first-order valence-electron chi connectivity index (χ1n) is 7.46. The van der Waals surface area contributed by atoms with Crippen LogP contribution < -0.4 is 0 Å². The molecule has 0 saturated carbocycles. The van der Waals surface area contributed by atoms with Gasteiger partial charge in [-0.05, 0) is 43.5 Å². The molecule has 1 aliphatic heterocycles. The minimum atomic E-state index is -0.442. The SMILES string of the molecule is Cc1ccc(C(=O)N2CCC(c3ccncn3)CC2)c(F)c1. The molecule has 22 heavy (non-hydrogen) atoms. The van der Waals surface area contributed by atoms with Gasteiger partial charge in [0.25, 0.3) is 5.91 Å². The molecule has 5 heteroatoms. The van der Waals surface area contributed by atoms with Crippen LogP contribution in [0.1, 0.15) is 40.4 Å². The van der Waals surface area contributed by atoms with E-state index in [4.69, 9.17) is 0 Å². The topological polar surface area (TPSA) is 46.1 Å². The summed E-state index contributed by atoms with van der Waals surface area (Å²) < 4.78 is 13.9. The van der Waals surface area contributed by atoms with Gasteiger partial charge in [0, 0.05) is 30.9 Å². The maximum atomic E-state index is 13.9. The van der Waals surface area contributed by atoms with Crippen molar-refractivity contribution < 1.29 is 9.18 Å². The van der Waals surface area contributed by atoms with Crippen molar-refractivity contribution in [2.45, 2.75) is 25.7 Å². The van der Waals surface area contributed by atoms with E-state index >= 15 is 0 Å². The maximum Gasteiger partial charge on any atom is 0.256 e. The predicted octanol–water partition coefficient (Wildman–Crippen LogP) is 2.94. The number of carbonyl (C=O) groups excluding carboxylic acids is 1. The fraction of sp³-hybridized carbons (Fsp3) is 0.353. The first-order valence-corrected chi connectivity index (χ1v) is 7.46. The monoisotopic (exact) mass is 299 g/mol. The van der Waals surface area contributed by atoms with Crippen LogP contribution in [0.25, 0.3) is 0 Å². The fourth-order valence-electron chi connectivity index (χ4n) is 2.88. The van der Waals surface area contributed by atoms with Crippen molar-refractivity contribution in [3.8, 4) is 0 Å². The van der Waals surface area contributed by atoms with E-state index in [-0.39, 0.29) is 11.5 Å². The number of hydrogen-bond donors (Lipinski definition) is 0. The van der Waals surface area contributed by atoms with Gasteiger partial charge in [-0.25, -0.2) is 14.4 Å². The Labute approximate surface area is 129 Å². The first kappa shape index (κ1) is 14.6. The number of likely N-dealkylation sites (tertiary alicyclic amines) is 1. The van der Waals surface area contributed by atoms with E-state index in [1.807, 2.05) is 13.0 Å². The minimum absolute atomic E-state index is 0.158. The lowest BCUT2D eigenvalue weighted by Crippen LogP contribution is -2.38. The van der Waals surface area contributed by atoms with Crippen molar-refractivity contribution >= 4 is 5.91 Å². The minimum Gasteiger partial charge on any atom is -0.339 e. The van der Waals surface area contributed by atoms with Crippen LogP contribution in [0.5, 0.6) is 0 Å². The Morgan fingerprint density at radius 2 is 2.05 bits per heavy atom. The predicted molar refractivity (Wildman–Crippen MR) is 81.0 cm³/mol. The molecule has 0 aliphatic carbocycles. The van der Waals surface area contributed by atoms with Crippen molar-refractivity contribution in [3.05, 3.63) is 59.4 Å². The van der Waals surface area contributed by atoms with E-state index in [2.05, 4.69) is 9.97 Å². The molecule has 0 atom stereocenters. The Bertz CT molecular complexity index is 667. The highest BCUT2D eigenvalue weighted by Gasteiger charge is 2.26. The van der Waals surface area contributed by atoms with Crippen molar-refractivity contribution in [1.82, 2.24) is 14.9 Å². The van der Waals surface area contributed by atoms with Gasteiger partial charge in [0.15, 0.2) is 0 Å². The van der Waals surface area contributed by atoms with Crippen molar-refractivity contribution in [1.29, 1.82) is 0 Å². The second kappa shape index (κ2) is 6.22. The molecular weight excluding hydrogens is 281 g/mol. The average Bonchev–Trinajstić information content (AvgIpc) is 2.55. The number of piperidine rings is 1. The summed E-state index contributed by atoms with van der Waals surface area (Å²) >= 11 is 0. The summed E-state index contributed by atoms with van der Waals surface area (Å²) in [6, 6.07) is 6.66. The lowest BCUT2D eigenvalue weighted by molar-refractivity contribution is 0.0707. The third kappa shape index (κ3) is 2.98. The lowest BCUT2D eigenvalue weighted by atomic mass is 9.93. The summed E-state index contributed by atoms with van der Waals surface area (Å²) in [4.78, 5) is 22.4. The van der Waals surface area contributed by atoms with E-state index in [1.165, 1.54) is 6.07 Å². The molecule has 0 N–H and O–H groups in total. The maximum absolute atomic E-state index is 13.9. The molecule has 1 aromatic heterocycles. The zero-order chi connectivity index (χ0) is 15.5. The largest absolute Gasteiger partial charge is 0.339 e. The summed E-state index contributed by atoms with van der Waals surface area (Å²) in [7, 11) is 0. The number of nitrogens with zero attached hydrogens (tertiary/aromatic N) is 3. The molecule has 1 aliphatic rings. The van der Waals surface area contributed by atoms with E-state index in [0.29, 0.717) is 19.0 Å². The normalized spacial score (nSPS) is 15.8. The molecule has 1 saturated heterocycles. The highest BCUT2D eigenvalue weighted by atomic mass is 19.1. The number of halogens is 1. The molecule has 3 rings (SSSR count). The molecule has 2 heterocycles. The molecule has 0 spiro atoms.